The number of hydrazine groups is 1. The third-order valence-corrected chi connectivity index (χ3v) is 7.22. The zero-order valence-corrected chi connectivity index (χ0v) is 22.6. The molecule has 2 aliphatic heterocycles. The number of anilines is 2. The van der Waals surface area contributed by atoms with E-state index in [1.54, 1.807) is 6.92 Å². The van der Waals surface area contributed by atoms with Gasteiger partial charge < -0.3 is 15.3 Å². The molecule has 1 atom stereocenters. The van der Waals surface area contributed by atoms with Crippen molar-refractivity contribution < 1.29 is 18.3 Å². The quantitative estimate of drug-likeness (QED) is 0.429. The fraction of sp³-hybridized carbons (Fsp3) is 0.538. The number of aromatic nitrogens is 2. The Morgan fingerprint density at radius 2 is 1.76 bits per heavy atom. The molecular formula is C26H36F3N7O2. The predicted molar refractivity (Wildman–Crippen MR) is 141 cm³/mol. The Kier molecular flexibility index (Phi) is 7.41. The van der Waals surface area contributed by atoms with E-state index < -0.39 is 28.9 Å². The smallest absolute Gasteiger partial charge is 0.303 e. The summed E-state index contributed by atoms with van der Waals surface area (Å²) in [6, 6.07) is 3.37. The van der Waals surface area contributed by atoms with Crippen molar-refractivity contribution in [2.24, 2.45) is 7.05 Å². The molecule has 1 aromatic heterocycles. The van der Waals surface area contributed by atoms with Gasteiger partial charge in [0.05, 0.1) is 17.2 Å². The van der Waals surface area contributed by atoms with Crippen LogP contribution in [0.5, 0.6) is 0 Å². The number of benzene rings is 1. The minimum absolute atomic E-state index is 0.0215. The molecule has 9 nitrogen and oxygen atoms in total. The summed E-state index contributed by atoms with van der Waals surface area (Å²) in [6.07, 6.45) is 1.82. The first-order valence-electron chi connectivity index (χ1n) is 12.7. The van der Waals surface area contributed by atoms with Crippen LogP contribution in [-0.4, -0.2) is 62.5 Å². The van der Waals surface area contributed by atoms with E-state index in [-0.39, 0.29) is 16.8 Å². The van der Waals surface area contributed by atoms with Crippen molar-refractivity contribution in [3.8, 4) is 0 Å². The van der Waals surface area contributed by atoms with Crippen molar-refractivity contribution in [2.45, 2.75) is 58.2 Å². The summed E-state index contributed by atoms with van der Waals surface area (Å²) in [5.74, 6) is -3.86. The second-order valence-corrected chi connectivity index (χ2v) is 10.7. The van der Waals surface area contributed by atoms with Crippen molar-refractivity contribution in [1.29, 1.82) is 0 Å². The van der Waals surface area contributed by atoms with E-state index in [1.807, 2.05) is 6.08 Å². The van der Waals surface area contributed by atoms with Crippen molar-refractivity contribution >= 4 is 17.6 Å². The molecule has 0 radical (unpaired) electrons. The molecule has 12 heteroatoms. The third-order valence-electron chi connectivity index (χ3n) is 7.22. The molecule has 2 aromatic rings. The van der Waals surface area contributed by atoms with Gasteiger partial charge in [0.2, 0.25) is 0 Å². The van der Waals surface area contributed by atoms with Gasteiger partial charge >= 0.3 is 5.92 Å². The summed E-state index contributed by atoms with van der Waals surface area (Å²) in [5, 5.41) is 17.4. The van der Waals surface area contributed by atoms with Crippen LogP contribution in [0.25, 0.3) is 6.08 Å². The van der Waals surface area contributed by atoms with Crippen LogP contribution >= 0.6 is 0 Å². The molecule has 208 valence electrons. The average molecular weight is 536 g/mol. The fourth-order valence-electron chi connectivity index (χ4n) is 4.70. The lowest BCUT2D eigenvalue weighted by Crippen LogP contribution is -2.51. The molecule has 0 spiro atoms. The molecule has 0 bridgehead atoms. The number of piperazine rings is 1. The Hall–Kier alpha value is -3.25. The van der Waals surface area contributed by atoms with Crippen molar-refractivity contribution in [3.05, 3.63) is 56.9 Å². The molecule has 2 aliphatic rings. The summed E-state index contributed by atoms with van der Waals surface area (Å²) < 4.78 is 46.2. The molecule has 0 saturated carbocycles. The van der Waals surface area contributed by atoms with Crippen molar-refractivity contribution in [1.82, 2.24) is 25.0 Å². The van der Waals surface area contributed by atoms with Crippen LogP contribution in [0.3, 0.4) is 0 Å². The van der Waals surface area contributed by atoms with Crippen LogP contribution < -0.4 is 21.7 Å². The number of alkyl halides is 2. The third kappa shape index (κ3) is 5.06. The van der Waals surface area contributed by atoms with Crippen LogP contribution in [-0.2, 0) is 13.0 Å². The number of hydrogen-bond donors (Lipinski definition) is 4. The SMILES string of the molecule is CC(C)N1CCN(C2=Cc3c(N[C@H](C)c4cccc(C(F)(F)C(C)(C)O)c4F)nn(C)c(=O)c3NN2)CC1. The summed E-state index contributed by atoms with van der Waals surface area (Å²) in [5.41, 5.74) is 3.10. The number of rotatable bonds is 7. The highest BCUT2D eigenvalue weighted by atomic mass is 19.3. The summed E-state index contributed by atoms with van der Waals surface area (Å²) in [4.78, 5) is 17.3. The fourth-order valence-corrected chi connectivity index (χ4v) is 4.70. The summed E-state index contributed by atoms with van der Waals surface area (Å²) >= 11 is 0. The maximum atomic E-state index is 15.4. The Morgan fingerprint density at radius 1 is 1.11 bits per heavy atom. The zero-order valence-electron chi connectivity index (χ0n) is 22.6. The van der Waals surface area contributed by atoms with E-state index in [4.69, 9.17) is 0 Å². The molecule has 0 aliphatic carbocycles. The Bertz CT molecular complexity index is 1280. The van der Waals surface area contributed by atoms with Gasteiger partial charge in [0.1, 0.15) is 22.9 Å². The molecule has 38 heavy (non-hydrogen) atoms. The minimum atomic E-state index is -3.81. The number of nitrogens with zero attached hydrogens (tertiary/aromatic N) is 4. The molecule has 0 amide bonds. The number of aliphatic hydroxyl groups is 1. The highest BCUT2D eigenvalue weighted by Gasteiger charge is 2.49. The highest BCUT2D eigenvalue weighted by molar-refractivity contribution is 5.78. The second-order valence-electron chi connectivity index (χ2n) is 10.7. The molecule has 4 N–H and O–H groups in total. The van der Waals surface area contributed by atoms with Crippen LogP contribution in [0.1, 0.15) is 57.4 Å². The van der Waals surface area contributed by atoms with Gasteiger partial charge in [-0.05, 0) is 46.8 Å². The van der Waals surface area contributed by atoms with E-state index >= 15 is 4.39 Å². The van der Waals surface area contributed by atoms with Gasteiger partial charge in [0, 0.05) is 44.8 Å². The standard InChI is InChI=1S/C26H36F3N7O2/c1-15(2)35-10-12-36(13-11-35)20-14-18-22(32-31-20)24(37)34(6)33-23(18)30-16(3)17-8-7-9-19(21(17)27)26(28,29)25(4,5)38/h7-9,14-16,31-32,38H,10-13H2,1-6H3,(H,30,33)/t16-/m1/s1. The van der Waals surface area contributed by atoms with Crippen LogP contribution in [0, 0.1) is 5.82 Å². The normalized spacial score (nSPS) is 17.4. The van der Waals surface area contributed by atoms with Gasteiger partial charge in [-0.1, -0.05) is 12.1 Å². The lowest BCUT2D eigenvalue weighted by Gasteiger charge is -2.40. The number of fused-ring (bicyclic) bond motifs is 1. The Morgan fingerprint density at radius 3 is 2.37 bits per heavy atom. The second kappa shape index (κ2) is 10.1. The van der Waals surface area contributed by atoms with E-state index in [0.717, 1.165) is 56.6 Å². The molecular weight excluding hydrogens is 499 g/mol. The zero-order chi connectivity index (χ0) is 28.0. The number of halogens is 3. The Labute approximate surface area is 220 Å². The molecule has 1 aromatic carbocycles. The average Bonchev–Trinajstić information content (AvgIpc) is 2.86. The number of aryl methyl sites for hydroxylation is 1. The lowest BCUT2D eigenvalue weighted by atomic mass is 9.91. The molecule has 1 fully saturated rings. The topological polar surface area (TPSA) is 97.7 Å². The summed E-state index contributed by atoms with van der Waals surface area (Å²) in [6.45, 7) is 11.2. The molecule has 4 rings (SSSR count). The maximum absolute atomic E-state index is 15.4. The minimum Gasteiger partial charge on any atom is -0.384 e. The Balaban J connectivity index is 1.66. The van der Waals surface area contributed by atoms with Gasteiger partial charge in [-0.25, -0.2) is 9.07 Å². The summed E-state index contributed by atoms with van der Waals surface area (Å²) in [7, 11) is 1.50. The monoisotopic (exact) mass is 535 g/mol. The van der Waals surface area contributed by atoms with Crippen molar-refractivity contribution in [3.63, 3.8) is 0 Å². The molecule has 0 unspecified atom stereocenters. The first kappa shape index (κ1) is 27.8. The van der Waals surface area contributed by atoms with Gasteiger partial charge in [0.25, 0.3) is 5.56 Å². The van der Waals surface area contributed by atoms with Crippen LogP contribution in [0.15, 0.2) is 28.8 Å². The van der Waals surface area contributed by atoms with Crippen molar-refractivity contribution in [2.75, 3.05) is 36.9 Å². The van der Waals surface area contributed by atoms with Gasteiger partial charge in [0.15, 0.2) is 5.82 Å². The maximum Gasteiger partial charge on any atom is 0.303 e. The van der Waals surface area contributed by atoms with Crippen LogP contribution in [0.4, 0.5) is 24.7 Å². The van der Waals surface area contributed by atoms with E-state index in [9.17, 15) is 18.7 Å². The van der Waals surface area contributed by atoms with Gasteiger partial charge in [-0.3, -0.25) is 20.5 Å². The largest absolute Gasteiger partial charge is 0.384 e. The van der Waals surface area contributed by atoms with E-state index in [0.29, 0.717) is 17.4 Å². The number of hydrogen-bond acceptors (Lipinski definition) is 8. The first-order valence-corrected chi connectivity index (χ1v) is 12.7. The lowest BCUT2D eigenvalue weighted by molar-refractivity contribution is -0.170. The van der Waals surface area contributed by atoms with Gasteiger partial charge in [-0.2, -0.15) is 13.9 Å². The molecule has 3 heterocycles. The predicted octanol–water partition coefficient (Wildman–Crippen LogP) is 3.21. The first-order chi connectivity index (χ1) is 17.7. The molecule has 1 saturated heterocycles. The van der Waals surface area contributed by atoms with E-state index in [1.165, 1.54) is 19.2 Å². The van der Waals surface area contributed by atoms with Crippen LogP contribution in [0.2, 0.25) is 0 Å². The van der Waals surface area contributed by atoms with Gasteiger partial charge in [-0.15, -0.1) is 0 Å². The van der Waals surface area contributed by atoms with E-state index in [2.05, 4.69) is 44.9 Å². The highest BCUT2D eigenvalue weighted by Crippen LogP contribution is 2.41. The number of nitrogens with one attached hydrogen (secondary N) is 3.